The SMILES string of the molecule is C#CCCC1(CCNC(=O)c2nccc(C(F)(F)F)n2)N=N1. The number of nitrogens with one attached hydrogen (secondary N) is 1. The highest BCUT2D eigenvalue weighted by molar-refractivity contribution is 5.90. The van der Waals surface area contributed by atoms with Crippen molar-refractivity contribution in [2.45, 2.75) is 31.1 Å². The fraction of sp³-hybridized carbons (Fsp3) is 0.462. The second kappa shape index (κ2) is 6.09. The van der Waals surface area contributed by atoms with Gasteiger partial charge in [-0.25, -0.2) is 9.97 Å². The van der Waals surface area contributed by atoms with Crippen LogP contribution in [0, 0.1) is 12.3 Å². The maximum atomic E-state index is 12.5. The van der Waals surface area contributed by atoms with E-state index in [-0.39, 0.29) is 6.54 Å². The standard InChI is InChI=1S/C13H12F3N5O/c1-2-3-5-12(20-21-12)6-8-18-11(22)10-17-7-4-9(19-10)13(14,15)16/h1,4,7H,3,5-6,8H2,(H,18,22). The van der Waals surface area contributed by atoms with Gasteiger partial charge >= 0.3 is 6.18 Å². The summed E-state index contributed by atoms with van der Waals surface area (Å²) in [6.07, 6.45) is 2.95. The molecule has 1 aromatic heterocycles. The lowest BCUT2D eigenvalue weighted by molar-refractivity contribution is -0.141. The highest BCUT2D eigenvalue weighted by Gasteiger charge is 2.38. The number of terminal acetylenes is 1. The normalized spacial score (nSPS) is 15.2. The Morgan fingerprint density at radius 2 is 2.09 bits per heavy atom. The molecule has 1 aromatic rings. The van der Waals surface area contributed by atoms with Gasteiger partial charge in [-0.2, -0.15) is 23.4 Å². The smallest absolute Gasteiger partial charge is 0.349 e. The van der Waals surface area contributed by atoms with Crippen molar-refractivity contribution >= 4 is 5.91 Å². The van der Waals surface area contributed by atoms with E-state index in [2.05, 4.69) is 31.4 Å². The Morgan fingerprint density at radius 1 is 1.36 bits per heavy atom. The van der Waals surface area contributed by atoms with Crippen LogP contribution in [0.2, 0.25) is 0 Å². The Morgan fingerprint density at radius 3 is 2.68 bits per heavy atom. The highest BCUT2D eigenvalue weighted by atomic mass is 19.4. The van der Waals surface area contributed by atoms with Gasteiger partial charge in [-0.1, -0.05) is 0 Å². The number of alkyl halides is 3. The first-order chi connectivity index (χ1) is 10.4. The van der Waals surface area contributed by atoms with Crippen molar-refractivity contribution in [3.63, 3.8) is 0 Å². The molecule has 0 unspecified atom stereocenters. The van der Waals surface area contributed by atoms with E-state index in [1.165, 1.54) is 0 Å². The van der Waals surface area contributed by atoms with Gasteiger partial charge in [0.25, 0.3) is 5.91 Å². The van der Waals surface area contributed by atoms with Crippen molar-refractivity contribution < 1.29 is 18.0 Å². The third-order valence-corrected chi connectivity index (χ3v) is 3.01. The summed E-state index contributed by atoms with van der Waals surface area (Å²) in [4.78, 5) is 18.5. The van der Waals surface area contributed by atoms with Crippen molar-refractivity contribution in [2.75, 3.05) is 6.54 Å². The van der Waals surface area contributed by atoms with Gasteiger partial charge < -0.3 is 5.32 Å². The van der Waals surface area contributed by atoms with E-state index in [0.29, 0.717) is 25.3 Å². The number of nitrogens with zero attached hydrogens (tertiary/aromatic N) is 4. The summed E-state index contributed by atoms with van der Waals surface area (Å²) >= 11 is 0. The molecule has 22 heavy (non-hydrogen) atoms. The molecule has 116 valence electrons. The molecule has 0 fully saturated rings. The van der Waals surface area contributed by atoms with E-state index in [1.54, 1.807) is 0 Å². The molecule has 0 saturated carbocycles. The number of amides is 1. The summed E-state index contributed by atoms with van der Waals surface area (Å²) in [7, 11) is 0. The molecule has 9 heteroatoms. The second-order valence-corrected chi connectivity index (χ2v) is 4.66. The van der Waals surface area contributed by atoms with Gasteiger partial charge in [-0.05, 0) is 6.07 Å². The zero-order chi connectivity index (χ0) is 16.2. The average Bonchev–Trinajstić information content (AvgIpc) is 3.24. The molecule has 1 amide bonds. The Balaban J connectivity index is 1.87. The van der Waals surface area contributed by atoms with Crippen LogP contribution in [0.25, 0.3) is 0 Å². The minimum Gasteiger partial charge on any atom is -0.349 e. The monoisotopic (exact) mass is 311 g/mol. The number of hydrogen-bond acceptors (Lipinski definition) is 5. The van der Waals surface area contributed by atoms with Crippen molar-refractivity contribution in [1.29, 1.82) is 0 Å². The minimum absolute atomic E-state index is 0.190. The summed E-state index contributed by atoms with van der Waals surface area (Å²) in [6, 6.07) is 0.702. The van der Waals surface area contributed by atoms with Gasteiger partial charge in [0.1, 0.15) is 5.69 Å². The lowest BCUT2D eigenvalue weighted by Gasteiger charge is -2.10. The quantitative estimate of drug-likeness (QED) is 0.818. The Labute approximate surface area is 124 Å². The fourth-order valence-electron chi connectivity index (χ4n) is 1.75. The van der Waals surface area contributed by atoms with E-state index in [0.717, 1.165) is 6.20 Å². The first kappa shape index (κ1) is 15.9. The zero-order valence-electron chi connectivity index (χ0n) is 11.4. The largest absolute Gasteiger partial charge is 0.433 e. The van der Waals surface area contributed by atoms with E-state index in [9.17, 15) is 18.0 Å². The Kier molecular flexibility index (Phi) is 4.40. The van der Waals surface area contributed by atoms with Crippen LogP contribution in [-0.2, 0) is 6.18 Å². The number of carbonyl (C=O) groups excluding carboxylic acids is 1. The van der Waals surface area contributed by atoms with Gasteiger partial charge in [0, 0.05) is 32.0 Å². The molecule has 0 bridgehead atoms. The van der Waals surface area contributed by atoms with Crippen LogP contribution in [0.3, 0.4) is 0 Å². The molecule has 0 aliphatic carbocycles. The molecule has 1 aliphatic heterocycles. The lowest BCUT2D eigenvalue weighted by atomic mass is 10.0. The highest BCUT2D eigenvalue weighted by Crippen LogP contribution is 2.36. The lowest BCUT2D eigenvalue weighted by Crippen LogP contribution is -2.30. The van der Waals surface area contributed by atoms with Gasteiger partial charge in [-0.3, -0.25) is 4.79 Å². The van der Waals surface area contributed by atoms with Crippen LogP contribution >= 0.6 is 0 Å². The van der Waals surface area contributed by atoms with Crippen LogP contribution in [0.1, 0.15) is 35.6 Å². The molecule has 2 rings (SSSR count). The number of carbonyl (C=O) groups is 1. The van der Waals surface area contributed by atoms with Crippen LogP contribution in [0.15, 0.2) is 22.5 Å². The van der Waals surface area contributed by atoms with E-state index >= 15 is 0 Å². The third kappa shape index (κ3) is 4.00. The van der Waals surface area contributed by atoms with E-state index in [4.69, 9.17) is 6.42 Å². The second-order valence-electron chi connectivity index (χ2n) is 4.66. The molecule has 0 atom stereocenters. The van der Waals surface area contributed by atoms with Gasteiger partial charge in [0.15, 0.2) is 5.66 Å². The Hall–Kier alpha value is -2.50. The summed E-state index contributed by atoms with van der Waals surface area (Å²) in [5, 5.41) is 10.2. The zero-order valence-corrected chi connectivity index (χ0v) is 11.4. The van der Waals surface area contributed by atoms with Crippen LogP contribution in [0.5, 0.6) is 0 Å². The molecular weight excluding hydrogens is 299 g/mol. The molecule has 0 radical (unpaired) electrons. The molecule has 2 heterocycles. The maximum absolute atomic E-state index is 12.5. The van der Waals surface area contributed by atoms with Crippen LogP contribution in [-0.4, -0.2) is 28.1 Å². The molecule has 1 aliphatic rings. The van der Waals surface area contributed by atoms with E-state index in [1.807, 2.05) is 0 Å². The molecule has 6 nitrogen and oxygen atoms in total. The summed E-state index contributed by atoms with van der Waals surface area (Å²) in [5.41, 5.74) is -1.72. The number of hydrogen-bond donors (Lipinski definition) is 1. The molecule has 0 saturated heterocycles. The topological polar surface area (TPSA) is 79.6 Å². The number of halogens is 3. The van der Waals surface area contributed by atoms with Crippen LogP contribution in [0.4, 0.5) is 13.2 Å². The summed E-state index contributed by atoms with van der Waals surface area (Å²) < 4.78 is 37.5. The van der Waals surface area contributed by atoms with Gasteiger partial charge in [0.05, 0.1) is 0 Å². The predicted molar refractivity (Wildman–Crippen MR) is 69.6 cm³/mol. The first-order valence-corrected chi connectivity index (χ1v) is 6.42. The van der Waals surface area contributed by atoms with E-state index < -0.39 is 29.3 Å². The molecule has 0 aromatic carbocycles. The average molecular weight is 311 g/mol. The molecule has 0 spiro atoms. The predicted octanol–water partition coefficient (Wildman–Crippen LogP) is 2.19. The van der Waals surface area contributed by atoms with Crippen LogP contribution < -0.4 is 5.32 Å². The van der Waals surface area contributed by atoms with Crippen molar-refractivity contribution in [1.82, 2.24) is 15.3 Å². The summed E-state index contributed by atoms with van der Waals surface area (Å²) in [6.45, 7) is 0.190. The number of rotatable bonds is 6. The third-order valence-electron chi connectivity index (χ3n) is 3.01. The summed E-state index contributed by atoms with van der Waals surface area (Å²) in [5.74, 6) is 1.17. The van der Waals surface area contributed by atoms with Crippen molar-refractivity contribution in [2.24, 2.45) is 10.2 Å². The van der Waals surface area contributed by atoms with Crippen molar-refractivity contribution in [3.8, 4) is 12.3 Å². The molecule has 1 N–H and O–H groups in total. The molecular formula is C13H12F3N5O. The van der Waals surface area contributed by atoms with Crippen molar-refractivity contribution in [3.05, 3.63) is 23.8 Å². The maximum Gasteiger partial charge on any atom is 0.433 e. The first-order valence-electron chi connectivity index (χ1n) is 6.42. The Bertz CT molecular complexity index is 629. The minimum atomic E-state index is -4.62. The fourth-order valence-corrected chi connectivity index (χ4v) is 1.75. The number of aromatic nitrogens is 2. The van der Waals surface area contributed by atoms with Gasteiger partial charge in [-0.15, -0.1) is 12.3 Å². The van der Waals surface area contributed by atoms with Gasteiger partial charge in [0.2, 0.25) is 5.82 Å².